The van der Waals surface area contributed by atoms with Crippen LogP contribution >= 0.6 is 23.4 Å². The van der Waals surface area contributed by atoms with E-state index in [-0.39, 0.29) is 17.4 Å². The second kappa shape index (κ2) is 11.6. The van der Waals surface area contributed by atoms with Gasteiger partial charge in [0.05, 0.1) is 0 Å². The van der Waals surface area contributed by atoms with Gasteiger partial charge in [0.25, 0.3) is 0 Å². The van der Waals surface area contributed by atoms with Crippen molar-refractivity contribution < 1.29 is 9.59 Å². The van der Waals surface area contributed by atoms with E-state index in [1.54, 1.807) is 16.7 Å². The molecule has 1 atom stereocenters. The Kier molecular flexibility index (Phi) is 9.45. The molecule has 0 heterocycles. The van der Waals surface area contributed by atoms with Gasteiger partial charge in [-0.25, -0.2) is 0 Å². The van der Waals surface area contributed by atoms with Crippen molar-refractivity contribution in [2.24, 2.45) is 0 Å². The summed E-state index contributed by atoms with van der Waals surface area (Å²) in [7, 11) is 0. The Hall–Kier alpha value is -1.98. The second-order valence-electron chi connectivity index (χ2n) is 8.73. The number of amides is 2. The molecule has 31 heavy (non-hydrogen) atoms. The van der Waals surface area contributed by atoms with Gasteiger partial charge in [0.15, 0.2) is 0 Å². The average Bonchev–Trinajstić information content (AvgIpc) is 2.68. The highest BCUT2D eigenvalue weighted by Gasteiger charge is 2.30. The number of hydrogen-bond donors (Lipinski definition) is 1. The molecule has 2 amide bonds. The number of nitrogens with one attached hydrogen (secondary N) is 1. The number of carbonyl (C=O) groups excluding carboxylic acids is 2. The van der Waals surface area contributed by atoms with Gasteiger partial charge in [0, 0.05) is 34.2 Å². The van der Waals surface area contributed by atoms with Crippen LogP contribution in [0.25, 0.3) is 0 Å². The zero-order chi connectivity index (χ0) is 23.0. The lowest BCUT2D eigenvalue weighted by atomic mass is 10.0. The van der Waals surface area contributed by atoms with Crippen LogP contribution in [-0.4, -0.2) is 34.0 Å². The quantitative estimate of drug-likeness (QED) is 0.477. The minimum atomic E-state index is -0.507. The van der Waals surface area contributed by atoms with Crippen molar-refractivity contribution in [1.29, 1.82) is 0 Å². The van der Waals surface area contributed by atoms with Crippen LogP contribution in [0.2, 0.25) is 5.02 Å². The molecule has 2 rings (SSSR count). The van der Waals surface area contributed by atoms with Crippen LogP contribution < -0.4 is 5.32 Å². The number of aryl methyl sites for hydroxylation is 1. The Balaban J connectivity index is 2.15. The normalized spacial score (nSPS) is 12.3. The minimum Gasteiger partial charge on any atom is -0.350 e. The summed E-state index contributed by atoms with van der Waals surface area (Å²) in [5.74, 6) is 0.516. The van der Waals surface area contributed by atoms with E-state index in [2.05, 4.69) is 11.4 Å². The number of nitrogens with zero attached hydrogens (tertiary/aromatic N) is 1. The fraction of sp³-hybridized carbons (Fsp3) is 0.440. The molecule has 168 valence electrons. The van der Waals surface area contributed by atoms with E-state index in [9.17, 15) is 9.59 Å². The van der Waals surface area contributed by atoms with Crippen molar-refractivity contribution >= 4 is 35.2 Å². The average molecular weight is 461 g/mol. The summed E-state index contributed by atoms with van der Waals surface area (Å²) >= 11 is 7.56. The van der Waals surface area contributed by atoms with Crippen LogP contribution in [0.4, 0.5) is 0 Å². The first-order valence-electron chi connectivity index (χ1n) is 10.6. The van der Waals surface area contributed by atoms with E-state index in [1.165, 1.54) is 0 Å². The maximum absolute atomic E-state index is 13.3. The Bertz CT molecular complexity index is 878. The SMILES string of the molecule is CC[C@H](C(=O)NC(C)(C)C)N(Cc1cccc(C)c1)C(=O)CCSc1ccc(Cl)cc1. The lowest BCUT2D eigenvalue weighted by molar-refractivity contribution is -0.141. The van der Waals surface area contributed by atoms with Gasteiger partial charge in [-0.1, -0.05) is 48.4 Å². The molecule has 0 aliphatic heterocycles. The molecule has 0 unspecified atom stereocenters. The zero-order valence-corrected chi connectivity index (χ0v) is 20.6. The smallest absolute Gasteiger partial charge is 0.243 e. The molecule has 0 spiro atoms. The van der Waals surface area contributed by atoms with E-state index in [4.69, 9.17) is 11.6 Å². The van der Waals surface area contributed by atoms with Crippen molar-refractivity contribution in [1.82, 2.24) is 10.2 Å². The monoisotopic (exact) mass is 460 g/mol. The zero-order valence-electron chi connectivity index (χ0n) is 19.1. The first kappa shape index (κ1) is 25.3. The number of rotatable bonds is 9. The van der Waals surface area contributed by atoms with Gasteiger partial charge in [-0.05, 0) is 63.9 Å². The highest BCUT2D eigenvalue weighted by molar-refractivity contribution is 7.99. The highest BCUT2D eigenvalue weighted by atomic mass is 35.5. The third kappa shape index (κ3) is 8.58. The predicted octanol–water partition coefficient (Wildman–Crippen LogP) is 5.85. The van der Waals surface area contributed by atoms with Crippen molar-refractivity contribution in [2.45, 2.75) is 70.5 Å². The molecular weight excluding hydrogens is 428 g/mol. The van der Waals surface area contributed by atoms with Crippen molar-refractivity contribution in [3.63, 3.8) is 0 Å². The number of thioether (sulfide) groups is 1. The molecule has 0 radical (unpaired) electrons. The largest absolute Gasteiger partial charge is 0.350 e. The van der Waals surface area contributed by atoms with E-state index >= 15 is 0 Å². The van der Waals surface area contributed by atoms with Crippen LogP contribution in [0.15, 0.2) is 53.4 Å². The van der Waals surface area contributed by atoms with Crippen LogP contribution in [0, 0.1) is 6.92 Å². The van der Waals surface area contributed by atoms with Crippen LogP contribution in [-0.2, 0) is 16.1 Å². The summed E-state index contributed by atoms with van der Waals surface area (Å²) in [6.07, 6.45) is 0.919. The Morgan fingerprint density at radius 2 is 1.81 bits per heavy atom. The first-order chi connectivity index (χ1) is 14.6. The lowest BCUT2D eigenvalue weighted by Crippen LogP contribution is -2.53. The van der Waals surface area contributed by atoms with Crippen LogP contribution in [0.3, 0.4) is 0 Å². The summed E-state index contributed by atoms with van der Waals surface area (Å²) in [5.41, 5.74) is 1.81. The first-order valence-corrected chi connectivity index (χ1v) is 12.0. The molecule has 0 aromatic heterocycles. The van der Waals surface area contributed by atoms with Gasteiger partial charge in [-0.3, -0.25) is 9.59 Å². The van der Waals surface area contributed by atoms with Gasteiger partial charge in [-0.2, -0.15) is 0 Å². The molecule has 1 N–H and O–H groups in total. The summed E-state index contributed by atoms with van der Waals surface area (Å²) in [5, 5.41) is 3.73. The third-order valence-electron chi connectivity index (χ3n) is 4.72. The molecule has 0 bridgehead atoms. The molecule has 4 nitrogen and oxygen atoms in total. The second-order valence-corrected chi connectivity index (χ2v) is 10.3. The maximum Gasteiger partial charge on any atom is 0.243 e. The summed E-state index contributed by atoms with van der Waals surface area (Å²) in [6.45, 7) is 10.3. The van der Waals surface area contributed by atoms with Gasteiger partial charge in [0.1, 0.15) is 6.04 Å². The van der Waals surface area contributed by atoms with E-state index in [0.29, 0.717) is 30.2 Å². The number of halogens is 1. The Labute approximate surface area is 195 Å². The number of benzene rings is 2. The van der Waals surface area contributed by atoms with Crippen molar-refractivity contribution in [3.05, 3.63) is 64.7 Å². The Morgan fingerprint density at radius 3 is 2.39 bits per heavy atom. The molecule has 0 aliphatic rings. The van der Waals surface area contributed by atoms with Gasteiger partial charge < -0.3 is 10.2 Å². The highest BCUT2D eigenvalue weighted by Crippen LogP contribution is 2.22. The molecule has 0 aliphatic carbocycles. The summed E-state index contributed by atoms with van der Waals surface area (Å²) in [4.78, 5) is 29.1. The number of hydrogen-bond acceptors (Lipinski definition) is 3. The fourth-order valence-electron chi connectivity index (χ4n) is 3.31. The summed E-state index contributed by atoms with van der Waals surface area (Å²) in [6, 6.07) is 15.2. The van der Waals surface area contributed by atoms with Gasteiger partial charge in [0.2, 0.25) is 11.8 Å². The third-order valence-corrected chi connectivity index (χ3v) is 5.98. The molecule has 0 saturated heterocycles. The van der Waals surface area contributed by atoms with Crippen molar-refractivity contribution in [3.8, 4) is 0 Å². The molecule has 0 fully saturated rings. The van der Waals surface area contributed by atoms with Gasteiger partial charge >= 0.3 is 0 Å². The predicted molar refractivity (Wildman–Crippen MR) is 130 cm³/mol. The molecule has 0 saturated carbocycles. The molecule has 2 aromatic rings. The van der Waals surface area contributed by atoms with E-state index < -0.39 is 6.04 Å². The van der Waals surface area contributed by atoms with E-state index in [0.717, 1.165) is 16.0 Å². The summed E-state index contributed by atoms with van der Waals surface area (Å²) < 4.78 is 0. The topological polar surface area (TPSA) is 49.4 Å². The standard InChI is InChI=1S/C25H33ClN2O2S/c1-6-22(24(30)27-25(3,4)5)28(17-19-9-7-8-18(2)16-19)23(29)14-15-31-21-12-10-20(26)11-13-21/h7-13,16,22H,6,14-15,17H2,1-5H3,(H,27,30)/t22-/m1/s1. The fourth-order valence-corrected chi connectivity index (χ4v) is 4.28. The molecular formula is C25H33ClN2O2S. The minimum absolute atomic E-state index is 0.0149. The van der Waals surface area contributed by atoms with Crippen LogP contribution in [0.5, 0.6) is 0 Å². The van der Waals surface area contributed by atoms with Crippen molar-refractivity contribution in [2.75, 3.05) is 5.75 Å². The number of carbonyl (C=O) groups is 2. The molecule has 6 heteroatoms. The van der Waals surface area contributed by atoms with Crippen LogP contribution in [0.1, 0.15) is 51.7 Å². The Morgan fingerprint density at radius 1 is 1.13 bits per heavy atom. The molecule has 2 aromatic carbocycles. The van der Waals surface area contributed by atoms with E-state index in [1.807, 2.05) is 77.1 Å². The lowest BCUT2D eigenvalue weighted by Gasteiger charge is -2.33. The maximum atomic E-state index is 13.3. The van der Waals surface area contributed by atoms with Gasteiger partial charge in [-0.15, -0.1) is 11.8 Å².